The topological polar surface area (TPSA) is 111 Å². The Bertz CT molecular complexity index is 895. The second-order valence-corrected chi connectivity index (χ2v) is 6.58. The fourth-order valence-corrected chi connectivity index (χ4v) is 2.43. The Morgan fingerprint density at radius 2 is 2.31 bits per heavy atom. The molecule has 1 fully saturated rings. The molecule has 1 aliphatic rings. The van der Waals surface area contributed by atoms with Crippen LogP contribution in [0.4, 0.5) is 15.1 Å². The molecule has 0 bridgehead atoms. The quantitative estimate of drug-likeness (QED) is 0.429. The van der Waals surface area contributed by atoms with Gasteiger partial charge in [-0.15, -0.1) is 10.2 Å². The molecule has 1 aliphatic heterocycles. The van der Waals surface area contributed by atoms with Crippen LogP contribution in [0.25, 0.3) is 5.65 Å². The van der Waals surface area contributed by atoms with Crippen LogP contribution in [0.1, 0.15) is 26.3 Å². The van der Waals surface area contributed by atoms with Crippen molar-refractivity contribution in [3.63, 3.8) is 0 Å². The zero-order valence-corrected chi connectivity index (χ0v) is 14.7. The van der Waals surface area contributed by atoms with E-state index in [4.69, 9.17) is 4.74 Å². The summed E-state index contributed by atoms with van der Waals surface area (Å²) < 4.78 is 21.1. The fourth-order valence-electron chi connectivity index (χ4n) is 2.43. The molecule has 0 radical (unpaired) electrons. The molecule has 0 aromatic carbocycles. The Morgan fingerprint density at radius 3 is 3.00 bits per heavy atom. The van der Waals surface area contributed by atoms with Crippen molar-refractivity contribution in [2.24, 2.45) is 0 Å². The van der Waals surface area contributed by atoms with Crippen LogP contribution in [0.5, 0.6) is 0 Å². The molecule has 1 amide bonds. The third kappa shape index (κ3) is 4.09. The lowest BCUT2D eigenvalue weighted by molar-refractivity contribution is 0.143. The Hall–Kier alpha value is -2.70. The number of aliphatic hydroxyl groups is 1. The predicted octanol–water partition coefficient (Wildman–Crippen LogP) is 1.25. The van der Waals surface area contributed by atoms with E-state index in [0.29, 0.717) is 11.2 Å². The summed E-state index contributed by atoms with van der Waals surface area (Å²) >= 11 is 0. The van der Waals surface area contributed by atoms with Gasteiger partial charge in [-0.25, -0.2) is 9.18 Å². The lowest BCUT2D eigenvalue weighted by Crippen LogP contribution is -2.17. The van der Waals surface area contributed by atoms with E-state index in [0.717, 1.165) is 0 Å². The number of amides is 1. The first-order valence-corrected chi connectivity index (χ1v) is 8.19. The van der Waals surface area contributed by atoms with Crippen LogP contribution in [0.15, 0.2) is 18.3 Å². The lowest BCUT2D eigenvalue weighted by atomic mass is 10.1. The van der Waals surface area contributed by atoms with E-state index in [-0.39, 0.29) is 19.0 Å². The zero-order valence-electron chi connectivity index (χ0n) is 14.7. The van der Waals surface area contributed by atoms with E-state index in [2.05, 4.69) is 32.7 Å². The maximum Gasteiger partial charge on any atom is 0.414 e. The minimum Gasteiger partial charge on any atom is -0.450 e. The van der Waals surface area contributed by atoms with E-state index in [1.165, 1.54) is 0 Å². The average molecular weight is 361 g/mol. The number of fused-ring (bicyclic) bond motifs is 1. The SMILES string of the molecule is CCOC(=O)Nc1nnc2ccc(CC3(F)N[C@H]3C#CC(C)(C)O)cn12. The number of hydrogen-bond acceptors (Lipinski definition) is 6. The normalized spacial score (nSPS) is 21.8. The van der Waals surface area contributed by atoms with Crippen LogP contribution in [0, 0.1) is 11.8 Å². The van der Waals surface area contributed by atoms with Crippen molar-refractivity contribution in [3.8, 4) is 11.8 Å². The summed E-state index contributed by atoms with van der Waals surface area (Å²) in [6, 6.07) is 2.78. The van der Waals surface area contributed by atoms with Gasteiger partial charge in [-0.3, -0.25) is 15.0 Å². The first-order chi connectivity index (χ1) is 12.2. The molecule has 2 aromatic heterocycles. The highest BCUT2D eigenvalue weighted by Crippen LogP contribution is 2.32. The second-order valence-electron chi connectivity index (χ2n) is 6.58. The molecule has 3 heterocycles. The average Bonchev–Trinajstić information content (AvgIpc) is 3.02. The van der Waals surface area contributed by atoms with E-state index in [9.17, 15) is 14.3 Å². The predicted molar refractivity (Wildman–Crippen MR) is 92.2 cm³/mol. The first kappa shape index (κ1) is 18.1. The molecular formula is C17H20FN5O3. The number of pyridine rings is 1. The number of hydrogen-bond donors (Lipinski definition) is 3. The number of aromatic nitrogens is 3. The molecule has 0 spiro atoms. The number of nitrogens with one attached hydrogen (secondary N) is 2. The summed E-state index contributed by atoms with van der Waals surface area (Å²) in [5.74, 6) is 3.84. The standard InChI is InChI=1S/C17H20FN5O3/c1-4-26-15(24)19-14-22-21-13-6-5-11(10-23(13)14)9-17(18)12(20-17)7-8-16(2,3)25/h5-6,10,12,20,25H,4,9H2,1-3H3,(H,19,22,24)/t12-,17?/m0/s1. The maximum atomic E-state index is 14.7. The van der Waals surface area contributed by atoms with Crippen molar-refractivity contribution in [2.45, 2.75) is 44.6 Å². The number of carbonyl (C=O) groups is 1. The molecule has 0 aliphatic carbocycles. The van der Waals surface area contributed by atoms with Gasteiger partial charge in [0.25, 0.3) is 0 Å². The minimum absolute atomic E-state index is 0.0746. The largest absolute Gasteiger partial charge is 0.450 e. The molecule has 1 saturated heterocycles. The summed E-state index contributed by atoms with van der Waals surface area (Å²) in [5.41, 5.74) is 0.0163. The van der Waals surface area contributed by atoms with Gasteiger partial charge in [0.15, 0.2) is 11.4 Å². The smallest absolute Gasteiger partial charge is 0.414 e. The number of alkyl halides is 1. The van der Waals surface area contributed by atoms with Crippen molar-refractivity contribution >= 4 is 17.7 Å². The summed E-state index contributed by atoms with van der Waals surface area (Å²) in [5, 5.41) is 22.6. The lowest BCUT2D eigenvalue weighted by Gasteiger charge is -2.07. The molecule has 3 rings (SSSR count). The highest BCUT2D eigenvalue weighted by molar-refractivity contribution is 5.82. The third-order valence-electron chi connectivity index (χ3n) is 3.70. The van der Waals surface area contributed by atoms with Crippen LogP contribution < -0.4 is 10.6 Å². The van der Waals surface area contributed by atoms with Crippen LogP contribution in [0.2, 0.25) is 0 Å². The highest BCUT2D eigenvalue weighted by atomic mass is 19.1. The van der Waals surface area contributed by atoms with E-state index in [1.54, 1.807) is 43.5 Å². The fraction of sp³-hybridized carbons (Fsp3) is 0.471. The summed E-state index contributed by atoms with van der Waals surface area (Å²) in [7, 11) is 0. The number of ether oxygens (including phenoxy) is 1. The molecule has 26 heavy (non-hydrogen) atoms. The number of rotatable bonds is 4. The summed E-state index contributed by atoms with van der Waals surface area (Å²) in [4.78, 5) is 11.6. The van der Waals surface area contributed by atoms with Crippen molar-refractivity contribution in [1.82, 2.24) is 19.9 Å². The second kappa shape index (κ2) is 6.55. The Labute approximate surface area is 149 Å². The molecule has 3 N–H and O–H groups in total. The monoisotopic (exact) mass is 361 g/mol. The van der Waals surface area contributed by atoms with E-state index in [1.807, 2.05) is 0 Å². The summed E-state index contributed by atoms with van der Waals surface area (Å²) in [6.07, 6.45) is 1.09. The number of nitrogens with zero attached hydrogens (tertiary/aromatic N) is 3. The maximum absolute atomic E-state index is 14.7. The zero-order chi connectivity index (χ0) is 18.9. The third-order valence-corrected chi connectivity index (χ3v) is 3.70. The van der Waals surface area contributed by atoms with Gasteiger partial charge in [0, 0.05) is 12.6 Å². The molecule has 2 aromatic rings. The Balaban J connectivity index is 1.75. The molecule has 8 nitrogen and oxygen atoms in total. The molecule has 1 unspecified atom stereocenters. The van der Waals surface area contributed by atoms with Gasteiger partial charge in [-0.05, 0) is 32.4 Å². The van der Waals surface area contributed by atoms with Crippen LogP contribution >= 0.6 is 0 Å². The molecule has 0 saturated carbocycles. The van der Waals surface area contributed by atoms with E-state index < -0.39 is 23.5 Å². The van der Waals surface area contributed by atoms with Gasteiger partial charge < -0.3 is 9.84 Å². The minimum atomic E-state index is -1.66. The van der Waals surface area contributed by atoms with Crippen LogP contribution in [-0.2, 0) is 11.2 Å². The van der Waals surface area contributed by atoms with Gasteiger partial charge in [-0.2, -0.15) is 0 Å². The van der Waals surface area contributed by atoms with Gasteiger partial charge in [0.05, 0.1) is 6.61 Å². The summed E-state index contributed by atoms with van der Waals surface area (Å²) in [6.45, 7) is 5.01. The number of carbonyl (C=O) groups excluding carboxylic acids is 1. The number of halogens is 1. The molecular weight excluding hydrogens is 341 g/mol. The Kier molecular flexibility index (Phi) is 4.56. The Morgan fingerprint density at radius 1 is 1.54 bits per heavy atom. The highest BCUT2D eigenvalue weighted by Gasteiger charge is 2.54. The van der Waals surface area contributed by atoms with E-state index >= 15 is 0 Å². The molecule has 2 atom stereocenters. The number of anilines is 1. The van der Waals surface area contributed by atoms with Gasteiger partial charge in [-0.1, -0.05) is 17.9 Å². The molecule has 9 heteroatoms. The van der Waals surface area contributed by atoms with Gasteiger partial charge in [0.2, 0.25) is 5.95 Å². The van der Waals surface area contributed by atoms with Crippen LogP contribution in [0.3, 0.4) is 0 Å². The first-order valence-electron chi connectivity index (χ1n) is 8.19. The van der Waals surface area contributed by atoms with Gasteiger partial charge >= 0.3 is 6.09 Å². The van der Waals surface area contributed by atoms with Crippen LogP contribution in [-0.4, -0.2) is 49.8 Å². The van der Waals surface area contributed by atoms with Crippen molar-refractivity contribution in [1.29, 1.82) is 0 Å². The van der Waals surface area contributed by atoms with Gasteiger partial charge in [0.1, 0.15) is 11.6 Å². The molecule has 138 valence electrons. The van der Waals surface area contributed by atoms with Crippen molar-refractivity contribution in [2.75, 3.05) is 11.9 Å². The van der Waals surface area contributed by atoms with Crippen molar-refractivity contribution in [3.05, 3.63) is 23.9 Å². The van der Waals surface area contributed by atoms with Crippen molar-refractivity contribution < 1.29 is 19.0 Å².